The number of para-hydroxylation sites is 1. The van der Waals surface area contributed by atoms with Gasteiger partial charge in [0.1, 0.15) is 0 Å². The molecular weight excluding hydrogens is 460 g/mol. The van der Waals surface area contributed by atoms with Gasteiger partial charge in [-0.15, -0.1) is 0 Å². The molecule has 0 radical (unpaired) electrons. The Morgan fingerprint density at radius 2 is 1.09 bits per heavy atom. The summed E-state index contributed by atoms with van der Waals surface area (Å²) in [7, 11) is 0. The molecule has 0 amide bonds. The van der Waals surface area contributed by atoms with E-state index in [9.17, 15) is 0 Å². The number of rotatable bonds is 3. The quantitative estimate of drug-likeness (QED) is 0.274. The number of benzene rings is 4. The Kier molecular flexibility index (Phi) is 4.55. The van der Waals surface area contributed by atoms with Crippen LogP contribution in [0.3, 0.4) is 0 Å². The molecule has 4 nitrogen and oxygen atoms in total. The van der Waals surface area contributed by atoms with Crippen LogP contribution >= 0.6 is 15.9 Å². The van der Waals surface area contributed by atoms with Crippen molar-refractivity contribution in [1.82, 2.24) is 19.5 Å². The second-order valence-corrected chi connectivity index (χ2v) is 8.36. The standard InChI is InChI=1S/C27H17BrN4/c28-21-15-9-17-23-24(21)20-14-7-8-16-22(20)32(23)27-30-25(18-10-3-1-4-11-18)29-26(31-27)19-12-5-2-6-13-19/h1-17H. The van der Waals surface area contributed by atoms with Crippen molar-refractivity contribution in [3.8, 4) is 28.7 Å². The largest absolute Gasteiger partial charge is 0.278 e. The summed E-state index contributed by atoms with van der Waals surface area (Å²) in [6.45, 7) is 0. The summed E-state index contributed by atoms with van der Waals surface area (Å²) in [5, 5.41) is 2.30. The SMILES string of the molecule is Brc1cccc2c1c1ccccc1n2-c1nc(-c2ccccc2)nc(-c2ccccc2)n1. The van der Waals surface area contributed by atoms with Gasteiger partial charge in [0.2, 0.25) is 5.95 Å². The highest BCUT2D eigenvalue weighted by Crippen LogP contribution is 2.36. The molecule has 4 aromatic carbocycles. The maximum absolute atomic E-state index is 4.93. The van der Waals surface area contributed by atoms with Crippen molar-refractivity contribution < 1.29 is 0 Å². The number of fused-ring (bicyclic) bond motifs is 3. The van der Waals surface area contributed by atoms with E-state index in [1.807, 2.05) is 72.8 Å². The number of halogens is 1. The lowest BCUT2D eigenvalue weighted by molar-refractivity contribution is 0.953. The fraction of sp³-hybridized carbons (Fsp3) is 0. The maximum Gasteiger partial charge on any atom is 0.238 e. The molecule has 0 atom stereocenters. The van der Waals surface area contributed by atoms with Crippen molar-refractivity contribution in [3.63, 3.8) is 0 Å². The van der Waals surface area contributed by atoms with Crippen LogP contribution in [-0.4, -0.2) is 19.5 Å². The van der Waals surface area contributed by atoms with Crippen molar-refractivity contribution in [2.75, 3.05) is 0 Å². The Balaban J connectivity index is 1.71. The lowest BCUT2D eigenvalue weighted by atomic mass is 10.2. The molecule has 2 aromatic heterocycles. The van der Waals surface area contributed by atoms with Crippen LogP contribution in [0.4, 0.5) is 0 Å². The summed E-state index contributed by atoms with van der Waals surface area (Å²) in [6.07, 6.45) is 0. The highest BCUT2D eigenvalue weighted by molar-refractivity contribution is 9.10. The molecule has 0 aliphatic rings. The first kappa shape index (κ1) is 18.9. The van der Waals surface area contributed by atoms with Crippen LogP contribution < -0.4 is 0 Å². The second kappa shape index (κ2) is 7.70. The molecular formula is C27H17BrN4. The third-order valence-electron chi connectivity index (χ3n) is 5.53. The van der Waals surface area contributed by atoms with Crippen molar-refractivity contribution >= 4 is 37.7 Å². The van der Waals surface area contributed by atoms with Gasteiger partial charge in [0, 0.05) is 26.4 Å². The van der Waals surface area contributed by atoms with Gasteiger partial charge in [-0.05, 0) is 18.2 Å². The normalized spacial score (nSPS) is 11.3. The molecule has 0 fully saturated rings. The summed E-state index contributed by atoms with van der Waals surface area (Å²) >= 11 is 3.74. The summed E-state index contributed by atoms with van der Waals surface area (Å²) in [6, 6.07) is 34.6. The van der Waals surface area contributed by atoms with E-state index in [0.29, 0.717) is 17.6 Å². The van der Waals surface area contributed by atoms with Crippen LogP contribution in [0.1, 0.15) is 0 Å². The molecule has 0 aliphatic heterocycles. The van der Waals surface area contributed by atoms with Gasteiger partial charge in [0.05, 0.1) is 11.0 Å². The van der Waals surface area contributed by atoms with Gasteiger partial charge in [0.15, 0.2) is 11.6 Å². The topological polar surface area (TPSA) is 43.6 Å². The van der Waals surface area contributed by atoms with Crippen LogP contribution in [0.25, 0.3) is 50.5 Å². The molecule has 6 aromatic rings. The average molecular weight is 477 g/mol. The maximum atomic E-state index is 4.93. The van der Waals surface area contributed by atoms with Crippen LogP contribution in [-0.2, 0) is 0 Å². The molecule has 0 aliphatic carbocycles. The Morgan fingerprint density at radius 1 is 0.531 bits per heavy atom. The van der Waals surface area contributed by atoms with E-state index in [2.05, 4.69) is 50.8 Å². The minimum Gasteiger partial charge on any atom is -0.278 e. The zero-order valence-corrected chi connectivity index (χ0v) is 18.6. The van der Waals surface area contributed by atoms with E-state index in [1.165, 1.54) is 0 Å². The molecule has 32 heavy (non-hydrogen) atoms. The third-order valence-corrected chi connectivity index (χ3v) is 6.20. The van der Waals surface area contributed by atoms with Gasteiger partial charge in [-0.25, -0.2) is 4.98 Å². The molecule has 0 N–H and O–H groups in total. The van der Waals surface area contributed by atoms with E-state index in [0.717, 1.165) is 37.4 Å². The molecule has 6 rings (SSSR count). The molecule has 0 unspecified atom stereocenters. The van der Waals surface area contributed by atoms with Crippen LogP contribution in [0, 0.1) is 0 Å². The van der Waals surface area contributed by atoms with Gasteiger partial charge in [-0.1, -0.05) is 101 Å². The van der Waals surface area contributed by atoms with Crippen LogP contribution in [0.5, 0.6) is 0 Å². The lowest BCUT2D eigenvalue weighted by Gasteiger charge is -2.10. The van der Waals surface area contributed by atoms with E-state index >= 15 is 0 Å². The van der Waals surface area contributed by atoms with Gasteiger partial charge >= 0.3 is 0 Å². The van der Waals surface area contributed by atoms with Crippen LogP contribution in [0.2, 0.25) is 0 Å². The number of hydrogen-bond acceptors (Lipinski definition) is 3. The molecule has 0 bridgehead atoms. The predicted octanol–water partition coefficient (Wildman–Crippen LogP) is 7.07. The highest BCUT2D eigenvalue weighted by Gasteiger charge is 2.18. The monoisotopic (exact) mass is 476 g/mol. The van der Waals surface area contributed by atoms with Crippen molar-refractivity contribution in [3.05, 3.63) is 108 Å². The van der Waals surface area contributed by atoms with E-state index in [-0.39, 0.29) is 0 Å². The van der Waals surface area contributed by atoms with Crippen molar-refractivity contribution in [1.29, 1.82) is 0 Å². The first-order chi connectivity index (χ1) is 15.8. The Morgan fingerprint density at radius 3 is 1.75 bits per heavy atom. The van der Waals surface area contributed by atoms with Gasteiger partial charge in [-0.2, -0.15) is 9.97 Å². The molecule has 0 saturated carbocycles. The fourth-order valence-corrected chi connectivity index (χ4v) is 4.66. The van der Waals surface area contributed by atoms with E-state index < -0.39 is 0 Å². The van der Waals surface area contributed by atoms with Crippen LogP contribution in [0.15, 0.2) is 108 Å². The van der Waals surface area contributed by atoms with Crippen molar-refractivity contribution in [2.24, 2.45) is 0 Å². The second-order valence-electron chi connectivity index (χ2n) is 7.50. The van der Waals surface area contributed by atoms with Gasteiger partial charge in [-0.3, -0.25) is 4.57 Å². The molecule has 0 spiro atoms. The minimum atomic E-state index is 0.599. The number of aromatic nitrogens is 4. The smallest absolute Gasteiger partial charge is 0.238 e. The van der Waals surface area contributed by atoms with E-state index in [4.69, 9.17) is 15.0 Å². The molecule has 5 heteroatoms. The summed E-state index contributed by atoms with van der Waals surface area (Å²) in [5.74, 6) is 1.90. The predicted molar refractivity (Wildman–Crippen MR) is 133 cm³/mol. The first-order valence-electron chi connectivity index (χ1n) is 10.3. The summed E-state index contributed by atoms with van der Waals surface area (Å²) < 4.78 is 3.17. The Hall–Kier alpha value is -3.83. The Labute approximate surface area is 193 Å². The zero-order valence-electron chi connectivity index (χ0n) is 17.0. The summed E-state index contributed by atoms with van der Waals surface area (Å²) in [5.41, 5.74) is 4.01. The average Bonchev–Trinajstić information content (AvgIpc) is 3.20. The van der Waals surface area contributed by atoms with Gasteiger partial charge < -0.3 is 0 Å². The molecule has 152 valence electrons. The zero-order chi connectivity index (χ0) is 21.5. The lowest BCUT2D eigenvalue weighted by Crippen LogP contribution is -2.06. The highest BCUT2D eigenvalue weighted by atomic mass is 79.9. The number of hydrogen-bond donors (Lipinski definition) is 0. The van der Waals surface area contributed by atoms with Crippen molar-refractivity contribution in [2.45, 2.75) is 0 Å². The number of nitrogens with zero attached hydrogens (tertiary/aromatic N) is 4. The van der Waals surface area contributed by atoms with Gasteiger partial charge in [0.25, 0.3) is 0 Å². The Bertz CT molecular complexity index is 1520. The molecule has 0 saturated heterocycles. The molecule has 2 heterocycles. The van der Waals surface area contributed by atoms with E-state index in [1.54, 1.807) is 0 Å². The third kappa shape index (κ3) is 3.10. The fourth-order valence-electron chi connectivity index (χ4n) is 4.09. The minimum absolute atomic E-state index is 0.599. The summed E-state index contributed by atoms with van der Waals surface area (Å²) in [4.78, 5) is 14.7. The first-order valence-corrected chi connectivity index (χ1v) is 11.1.